The van der Waals surface area contributed by atoms with Gasteiger partial charge in [-0.2, -0.15) is 0 Å². The summed E-state index contributed by atoms with van der Waals surface area (Å²) < 4.78 is 17.0. The summed E-state index contributed by atoms with van der Waals surface area (Å²) in [6, 6.07) is 0. The van der Waals surface area contributed by atoms with E-state index in [0.717, 1.165) is 49.0 Å². The molecular formula is C21H29NO4. The third-order valence-corrected chi connectivity index (χ3v) is 4.68. The maximum absolute atomic E-state index is 10.7. The van der Waals surface area contributed by atoms with Crippen LogP contribution in [0.2, 0.25) is 0 Å². The van der Waals surface area contributed by atoms with Crippen LogP contribution >= 0.6 is 0 Å². The molecule has 5 heteroatoms. The Labute approximate surface area is 155 Å². The first-order chi connectivity index (χ1) is 12.6. The summed E-state index contributed by atoms with van der Waals surface area (Å²) in [5.41, 5.74) is 1.60. The van der Waals surface area contributed by atoms with Gasteiger partial charge in [0.25, 0.3) is 0 Å². The predicted molar refractivity (Wildman–Crippen MR) is 101 cm³/mol. The number of ether oxygens (including phenoxy) is 2. The van der Waals surface area contributed by atoms with Crippen LogP contribution in [0.3, 0.4) is 0 Å². The summed E-state index contributed by atoms with van der Waals surface area (Å²) in [6.45, 7) is 8.06. The van der Waals surface area contributed by atoms with Crippen molar-refractivity contribution in [2.24, 2.45) is 5.92 Å². The highest BCUT2D eigenvalue weighted by Crippen LogP contribution is 2.29. The average Bonchev–Trinajstić information content (AvgIpc) is 3.01. The number of aryl methyl sites for hydroxylation is 1. The number of nitrogens with zero attached hydrogens (tertiary/aromatic N) is 1. The first-order valence-electron chi connectivity index (χ1n) is 9.16. The Balaban J connectivity index is 2.04. The number of aromatic nitrogens is 1. The van der Waals surface area contributed by atoms with E-state index < -0.39 is 0 Å². The molecule has 0 N–H and O–H groups in total. The number of hydrogen-bond acceptors (Lipinski definition) is 5. The fourth-order valence-electron chi connectivity index (χ4n) is 3.22. The lowest BCUT2D eigenvalue weighted by Gasteiger charge is -2.27. The molecule has 0 bridgehead atoms. The van der Waals surface area contributed by atoms with E-state index in [9.17, 15) is 4.79 Å². The monoisotopic (exact) mass is 359 g/mol. The molecule has 0 radical (unpaired) electrons. The van der Waals surface area contributed by atoms with Crippen molar-refractivity contribution in [3.05, 3.63) is 47.9 Å². The van der Waals surface area contributed by atoms with Gasteiger partial charge in [-0.15, -0.1) is 0 Å². The number of hydrogen-bond donors (Lipinski definition) is 0. The van der Waals surface area contributed by atoms with E-state index in [0.29, 0.717) is 30.6 Å². The van der Waals surface area contributed by atoms with Gasteiger partial charge in [0.1, 0.15) is 23.5 Å². The summed E-state index contributed by atoms with van der Waals surface area (Å²) in [7, 11) is 1.58. The first kappa shape index (κ1) is 20.2. The van der Waals surface area contributed by atoms with Crippen LogP contribution in [0, 0.1) is 12.8 Å². The minimum atomic E-state index is 0.187. The molecule has 1 saturated carbocycles. The smallest absolute Gasteiger partial charge is 0.226 e. The van der Waals surface area contributed by atoms with Crippen molar-refractivity contribution >= 4 is 11.9 Å². The Morgan fingerprint density at radius 1 is 1.42 bits per heavy atom. The topological polar surface area (TPSA) is 61.6 Å². The van der Waals surface area contributed by atoms with Gasteiger partial charge in [-0.1, -0.05) is 25.2 Å². The van der Waals surface area contributed by atoms with Crippen molar-refractivity contribution in [3.8, 4) is 0 Å². The molecule has 2 unspecified atom stereocenters. The third-order valence-electron chi connectivity index (χ3n) is 4.68. The van der Waals surface area contributed by atoms with Gasteiger partial charge in [-0.05, 0) is 45.1 Å². The molecule has 1 fully saturated rings. The lowest BCUT2D eigenvalue weighted by Crippen LogP contribution is -2.23. The van der Waals surface area contributed by atoms with Crippen LogP contribution in [-0.4, -0.2) is 24.5 Å². The molecule has 0 aliphatic heterocycles. The minimum absolute atomic E-state index is 0.187. The molecule has 2 rings (SSSR count). The van der Waals surface area contributed by atoms with Gasteiger partial charge in [0, 0.05) is 12.0 Å². The quantitative estimate of drug-likeness (QED) is 0.361. The number of carbonyl (C=O) groups excluding carboxylic acids is 1. The molecule has 1 heterocycles. The molecule has 0 spiro atoms. The maximum atomic E-state index is 10.7. The van der Waals surface area contributed by atoms with Crippen molar-refractivity contribution in [2.45, 2.75) is 58.7 Å². The standard InChI is InChI=1S/C21H29NO4/c1-5-7-18(12-15(2)24-4)21-22-20(16(3)26-21)14-25-19-9-6-8-17(13-19)10-11-23/h5,7,11-12,17,19H,2,6,8-10,13-14H2,1,3-4H3/b7-5-,18-12+. The Hall–Kier alpha value is -2.14. The normalized spacial score (nSPS) is 21.1. The Morgan fingerprint density at radius 2 is 2.23 bits per heavy atom. The number of methoxy groups -OCH3 is 1. The number of allylic oxidation sites excluding steroid dienone is 4. The zero-order chi connectivity index (χ0) is 18.9. The summed E-state index contributed by atoms with van der Waals surface area (Å²) in [4.78, 5) is 15.3. The fourth-order valence-corrected chi connectivity index (χ4v) is 3.22. The lowest BCUT2D eigenvalue weighted by atomic mass is 9.85. The van der Waals surface area contributed by atoms with E-state index in [1.165, 1.54) is 0 Å². The minimum Gasteiger partial charge on any atom is -0.497 e. The van der Waals surface area contributed by atoms with Gasteiger partial charge in [0.2, 0.25) is 5.89 Å². The Morgan fingerprint density at radius 3 is 2.92 bits per heavy atom. The molecule has 1 aromatic heterocycles. The molecule has 0 aromatic carbocycles. The molecule has 2 atom stereocenters. The first-order valence-corrected chi connectivity index (χ1v) is 9.16. The van der Waals surface area contributed by atoms with Crippen molar-refractivity contribution in [2.75, 3.05) is 7.11 Å². The highest BCUT2D eigenvalue weighted by molar-refractivity contribution is 5.70. The van der Waals surface area contributed by atoms with Gasteiger partial charge in [0.05, 0.1) is 19.8 Å². The Bertz CT molecular complexity index is 672. The fraction of sp³-hybridized carbons (Fsp3) is 0.524. The van der Waals surface area contributed by atoms with Crippen molar-refractivity contribution in [1.29, 1.82) is 0 Å². The van der Waals surface area contributed by atoms with Gasteiger partial charge in [-0.25, -0.2) is 4.98 Å². The second kappa shape index (κ2) is 10.1. The van der Waals surface area contributed by atoms with Crippen LogP contribution in [0.4, 0.5) is 0 Å². The van der Waals surface area contributed by atoms with Crippen molar-refractivity contribution in [1.82, 2.24) is 4.98 Å². The average molecular weight is 359 g/mol. The second-order valence-corrected chi connectivity index (χ2v) is 6.66. The highest BCUT2D eigenvalue weighted by atomic mass is 16.5. The number of aldehydes is 1. The van der Waals surface area contributed by atoms with Gasteiger partial charge >= 0.3 is 0 Å². The van der Waals surface area contributed by atoms with Crippen LogP contribution < -0.4 is 0 Å². The van der Waals surface area contributed by atoms with Crippen LogP contribution in [0.1, 0.15) is 56.4 Å². The molecule has 142 valence electrons. The van der Waals surface area contributed by atoms with E-state index in [4.69, 9.17) is 13.9 Å². The van der Waals surface area contributed by atoms with Crippen molar-refractivity contribution in [3.63, 3.8) is 0 Å². The molecule has 5 nitrogen and oxygen atoms in total. The maximum Gasteiger partial charge on any atom is 0.226 e. The van der Waals surface area contributed by atoms with Crippen LogP contribution in [0.5, 0.6) is 0 Å². The van der Waals surface area contributed by atoms with Crippen molar-refractivity contribution < 1.29 is 18.7 Å². The van der Waals surface area contributed by atoms with E-state index >= 15 is 0 Å². The van der Waals surface area contributed by atoms with E-state index in [-0.39, 0.29) is 6.10 Å². The summed E-state index contributed by atoms with van der Waals surface area (Å²) in [5.74, 6) is 2.26. The van der Waals surface area contributed by atoms with Crippen LogP contribution in [0.15, 0.2) is 35.0 Å². The number of oxazole rings is 1. The van der Waals surface area contributed by atoms with E-state index in [1.54, 1.807) is 13.2 Å². The second-order valence-electron chi connectivity index (χ2n) is 6.66. The molecule has 1 aliphatic rings. The molecule has 0 amide bonds. The zero-order valence-corrected chi connectivity index (χ0v) is 16.0. The molecule has 26 heavy (non-hydrogen) atoms. The van der Waals surface area contributed by atoms with Gasteiger partial charge in [0.15, 0.2) is 0 Å². The third kappa shape index (κ3) is 5.70. The van der Waals surface area contributed by atoms with Gasteiger partial charge in [-0.3, -0.25) is 0 Å². The molecule has 1 aromatic rings. The highest BCUT2D eigenvalue weighted by Gasteiger charge is 2.23. The molecule has 1 aliphatic carbocycles. The summed E-state index contributed by atoms with van der Waals surface area (Å²) in [6.07, 6.45) is 11.7. The predicted octanol–water partition coefficient (Wildman–Crippen LogP) is 4.77. The largest absolute Gasteiger partial charge is 0.497 e. The van der Waals surface area contributed by atoms with E-state index in [1.807, 2.05) is 26.0 Å². The number of rotatable bonds is 9. The van der Waals surface area contributed by atoms with Crippen LogP contribution in [0.25, 0.3) is 5.57 Å². The summed E-state index contributed by atoms with van der Waals surface area (Å²) in [5, 5.41) is 0. The number of carbonyl (C=O) groups is 1. The lowest BCUT2D eigenvalue weighted by molar-refractivity contribution is -0.109. The van der Waals surface area contributed by atoms with Gasteiger partial charge < -0.3 is 18.7 Å². The van der Waals surface area contributed by atoms with E-state index in [2.05, 4.69) is 11.6 Å². The molecular weight excluding hydrogens is 330 g/mol. The Kier molecular flexibility index (Phi) is 7.85. The summed E-state index contributed by atoms with van der Waals surface area (Å²) >= 11 is 0. The zero-order valence-electron chi connectivity index (χ0n) is 16.0. The molecule has 0 saturated heterocycles. The SMILES string of the molecule is C=C(/C=C(\C=C/C)c1nc(COC2CCCC(CC=O)C2)c(C)o1)OC. The van der Waals surface area contributed by atoms with Crippen LogP contribution in [-0.2, 0) is 20.9 Å².